The maximum Gasteiger partial charge on any atom is 0.318 e. The molecule has 0 bridgehead atoms. The zero-order valence-electron chi connectivity index (χ0n) is 5.54. The zero-order chi connectivity index (χ0) is 8.27. The summed E-state index contributed by atoms with van der Waals surface area (Å²) in [6.45, 7) is 0. The molecule has 0 aliphatic rings. The number of para-hydroxylation sites is 2. The van der Waals surface area contributed by atoms with Crippen LogP contribution in [-0.2, 0) is 0 Å². The first-order chi connectivity index (χ1) is 5.20. The summed E-state index contributed by atoms with van der Waals surface area (Å²) in [6.07, 6.45) is 0. The molecule has 0 spiro atoms. The lowest BCUT2D eigenvalue weighted by Crippen LogP contribution is -2.00. The normalized spacial score (nSPS) is 9.18. The lowest BCUT2D eigenvalue weighted by Gasteiger charge is -2.01. The second-order valence-electron chi connectivity index (χ2n) is 1.92. The molecule has 0 saturated carbocycles. The van der Waals surface area contributed by atoms with E-state index in [9.17, 15) is 4.79 Å². The minimum Gasteiger partial charge on any atom is -0.506 e. The van der Waals surface area contributed by atoms with Gasteiger partial charge in [-0.25, -0.2) is 0 Å². The van der Waals surface area contributed by atoms with Crippen molar-refractivity contribution in [2.24, 2.45) is 0 Å². The Kier molecular flexibility index (Phi) is 2.33. The molecule has 0 fully saturated rings. The number of hydrogen-bond donors (Lipinski definition) is 2. The van der Waals surface area contributed by atoms with Crippen LogP contribution in [0.1, 0.15) is 0 Å². The lowest BCUT2D eigenvalue weighted by molar-refractivity contribution is 0.269. The summed E-state index contributed by atoms with van der Waals surface area (Å²) >= 11 is 5.02. The fourth-order valence-corrected chi connectivity index (χ4v) is 0.787. The molecule has 11 heavy (non-hydrogen) atoms. The van der Waals surface area contributed by atoms with Crippen LogP contribution in [0.4, 0.5) is 10.5 Å². The highest BCUT2D eigenvalue weighted by molar-refractivity contribution is 6.65. The van der Waals surface area contributed by atoms with E-state index in [4.69, 9.17) is 16.7 Å². The van der Waals surface area contributed by atoms with E-state index in [1.165, 1.54) is 6.07 Å². The van der Waals surface area contributed by atoms with Gasteiger partial charge in [0, 0.05) is 0 Å². The first-order valence-corrected chi connectivity index (χ1v) is 3.32. The summed E-state index contributed by atoms with van der Waals surface area (Å²) < 4.78 is 0. The molecule has 0 aliphatic carbocycles. The van der Waals surface area contributed by atoms with Crippen molar-refractivity contribution in [2.75, 3.05) is 5.32 Å². The fourth-order valence-electron chi connectivity index (χ4n) is 0.685. The van der Waals surface area contributed by atoms with E-state index in [1.54, 1.807) is 18.2 Å². The Bertz CT molecular complexity index is 275. The Morgan fingerprint density at radius 3 is 2.64 bits per heavy atom. The van der Waals surface area contributed by atoms with E-state index in [-0.39, 0.29) is 5.75 Å². The molecule has 0 radical (unpaired) electrons. The largest absolute Gasteiger partial charge is 0.506 e. The fraction of sp³-hybridized carbons (Fsp3) is 0. The van der Waals surface area contributed by atoms with Gasteiger partial charge in [-0.2, -0.15) is 0 Å². The molecule has 58 valence electrons. The van der Waals surface area contributed by atoms with Crippen molar-refractivity contribution in [3.63, 3.8) is 0 Å². The topological polar surface area (TPSA) is 49.3 Å². The number of amides is 1. The van der Waals surface area contributed by atoms with Crippen molar-refractivity contribution >= 4 is 22.7 Å². The van der Waals surface area contributed by atoms with E-state index in [1.807, 2.05) is 0 Å². The lowest BCUT2D eigenvalue weighted by atomic mass is 10.3. The molecule has 3 nitrogen and oxygen atoms in total. The Morgan fingerprint density at radius 1 is 1.45 bits per heavy atom. The van der Waals surface area contributed by atoms with E-state index >= 15 is 0 Å². The molecule has 1 aromatic rings. The van der Waals surface area contributed by atoms with Crippen molar-refractivity contribution in [3.05, 3.63) is 24.3 Å². The highest BCUT2D eigenvalue weighted by Gasteiger charge is 2.00. The number of phenols is 1. The number of carbonyl (C=O) groups is 1. The van der Waals surface area contributed by atoms with E-state index in [0.717, 1.165) is 0 Å². The Balaban J connectivity index is 2.86. The molecule has 1 rings (SSSR count). The van der Waals surface area contributed by atoms with Crippen LogP contribution in [0.25, 0.3) is 0 Å². The van der Waals surface area contributed by atoms with Crippen molar-refractivity contribution in [2.45, 2.75) is 0 Å². The number of carbonyl (C=O) groups excluding carboxylic acids is 1. The predicted molar refractivity (Wildman–Crippen MR) is 43.0 cm³/mol. The molecular formula is C7H6ClNO2. The highest BCUT2D eigenvalue weighted by atomic mass is 35.5. The number of nitrogens with one attached hydrogen (secondary N) is 1. The van der Waals surface area contributed by atoms with Crippen LogP contribution in [-0.4, -0.2) is 10.5 Å². The van der Waals surface area contributed by atoms with Crippen LogP contribution in [0.5, 0.6) is 5.75 Å². The molecule has 0 saturated heterocycles. The average molecular weight is 172 g/mol. The average Bonchev–Trinajstić information content (AvgIpc) is 1.93. The number of anilines is 1. The van der Waals surface area contributed by atoms with Crippen LogP contribution in [0.15, 0.2) is 24.3 Å². The first-order valence-electron chi connectivity index (χ1n) is 2.94. The maximum absolute atomic E-state index is 10.3. The van der Waals surface area contributed by atoms with Gasteiger partial charge >= 0.3 is 5.37 Å². The van der Waals surface area contributed by atoms with Crippen LogP contribution < -0.4 is 5.32 Å². The van der Waals surface area contributed by atoms with Gasteiger partial charge in [-0.05, 0) is 23.7 Å². The van der Waals surface area contributed by atoms with Crippen LogP contribution in [0.3, 0.4) is 0 Å². The smallest absolute Gasteiger partial charge is 0.318 e. The molecule has 4 heteroatoms. The van der Waals surface area contributed by atoms with Gasteiger partial charge < -0.3 is 10.4 Å². The number of hydrogen-bond acceptors (Lipinski definition) is 2. The van der Waals surface area contributed by atoms with Crippen molar-refractivity contribution in [1.29, 1.82) is 0 Å². The SMILES string of the molecule is O=C(Cl)Nc1ccccc1O. The Morgan fingerprint density at radius 2 is 2.09 bits per heavy atom. The summed E-state index contributed by atoms with van der Waals surface area (Å²) in [5, 5.41) is 10.6. The number of aromatic hydroxyl groups is 1. The number of phenolic OH excluding ortho intramolecular Hbond substituents is 1. The van der Waals surface area contributed by atoms with Gasteiger partial charge in [0.25, 0.3) is 0 Å². The van der Waals surface area contributed by atoms with Crippen molar-refractivity contribution in [1.82, 2.24) is 0 Å². The molecule has 1 amide bonds. The second kappa shape index (κ2) is 3.25. The molecule has 0 atom stereocenters. The van der Waals surface area contributed by atoms with Gasteiger partial charge in [0.1, 0.15) is 5.75 Å². The third kappa shape index (κ3) is 2.13. The van der Waals surface area contributed by atoms with Crippen LogP contribution in [0.2, 0.25) is 0 Å². The Hall–Kier alpha value is -1.22. The summed E-state index contributed by atoms with van der Waals surface area (Å²) in [7, 11) is 0. The van der Waals surface area contributed by atoms with E-state index in [2.05, 4.69) is 5.32 Å². The number of halogens is 1. The van der Waals surface area contributed by atoms with Crippen LogP contribution in [0, 0.1) is 0 Å². The van der Waals surface area contributed by atoms with Gasteiger partial charge in [0.2, 0.25) is 0 Å². The second-order valence-corrected chi connectivity index (χ2v) is 2.26. The standard InChI is InChI=1S/C7H6ClNO2/c8-7(11)9-5-3-1-2-4-6(5)10/h1-4,10H,(H,9,11). The zero-order valence-corrected chi connectivity index (χ0v) is 6.30. The third-order valence-electron chi connectivity index (χ3n) is 1.14. The van der Waals surface area contributed by atoms with Crippen LogP contribution >= 0.6 is 11.6 Å². The summed E-state index contributed by atoms with van der Waals surface area (Å²) in [5.41, 5.74) is 0.313. The predicted octanol–water partition coefficient (Wildman–Crippen LogP) is 2.16. The molecule has 2 N–H and O–H groups in total. The van der Waals surface area contributed by atoms with Crippen molar-refractivity contribution in [3.8, 4) is 5.75 Å². The van der Waals surface area contributed by atoms with E-state index < -0.39 is 5.37 Å². The van der Waals surface area contributed by atoms with E-state index in [0.29, 0.717) is 5.69 Å². The monoisotopic (exact) mass is 171 g/mol. The third-order valence-corrected chi connectivity index (χ3v) is 1.23. The molecule has 0 unspecified atom stereocenters. The minimum absolute atomic E-state index is 0.00139. The summed E-state index contributed by atoms with van der Waals surface area (Å²) in [4.78, 5) is 10.3. The van der Waals surface area contributed by atoms with Gasteiger partial charge in [-0.1, -0.05) is 12.1 Å². The number of benzene rings is 1. The van der Waals surface area contributed by atoms with Gasteiger partial charge in [-0.15, -0.1) is 0 Å². The Labute approximate surface area is 68.6 Å². The number of rotatable bonds is 1. The van der Waals surface area contributed by atoms with Gasteiger partial charge in [0.05, 0.1) is 5.69 Å². The highest BCUT2D eigenvalue weighted by Crippen LogP contribution is 2.21. The summed E-state index contributed by atoms with van der Waals surface area (Å²) in [6, 6.07) is 6.35. The van der Waals surface area contributed by atoms with Gasteiger partial charge in [-0.3, -0.25) is 4.79 Å². The molecule has 0 heterocycles. The maximum atomic E-state index is 10.3. The first kappa shape index (κ1) is 7.88. The minimum atomic E-state index is -0.716. The molecule has 1 aromatic carbocycles. The summed E-state index contributed by atoms with van der Waals surface area (Å²) in [5.74, 6) is 0.00139. The van der Waals surface area contributed by atoms with Crippen molar-refractivity contribution < 1.29 is 9.90 Å². The quantitative estimate of drug-likeness (QED) is 0.387. The van der Waals surface area contributed by atoms with Gasteiger partial charge in [0.15, 0.2) is 0 Å². The molecular weight excluding hydrogens is 166 g/mol. The molecule has 0 aromatic heterocycles. The molecule has 0 aliphatic heterocycles.